The maximum Gasteiger partial charge on any atom is 0.325 e. The summed E-state index contributed by atoms with van der Waals surface area (Å²) in [5.41, 5.74) is 1.34. The summed E-state index contributed by atoms with van der Waals surface area (Å²) in [4.78, 5) is 33.2. The van der Waals surface area contributed by atoms with E-state index in [-0.39, 0.29) is 18.0 Å². The molecule has 2 aromatic carbocycles. The number of amides is 3. The number of hydrogen-bond donors (Lipinski definition) is 2. The van der Waals surface area contributed by atoms with Crippen LogP contribution in [0.1, 0.15) is 0 Å². The fraction of sp³-hybridized carbons (Fsp3) is 0.111. The molecule has 0 spiro atoms. The monoisotopic (exact) mass is 515 g/mol. The molecule has 0 bridgehead atoms. The number of urea groups is 1. The number of halogens is 1. The lowest BCUT2D eigenvalue weighted by atomic mass is 10.2. The standard InChI is InChI=1S/C27H22FN5O5/c1-36-23-13-18-20(14-24(23)37-2)29-10-7-21(18)38-22-6-5-17(12-19(22)28)31-27(35)32-25(34)15-33-11-8-16-4-3-9-30-26(16)33/h3-14H,15H2,1-2H3,(H2,31,32,34,35). The van der Waals surface area contributed by atoms with Crippen LogP contribution in [0.15, 0.2) is 73.2 Å². The maximum absolute atomic E-state index is 14.9. The zero-order valence-corrected chi connectivity index (χ0v) is 20.4. The molecule has 0 aliphatic heterocycles. The first-order valence-corrected chi connectivity index (χ1v) is 11.4. The second kappa shape index (κ2) is 10.4. The number of ether oxygens (including phenoxy) is 3. The second-order valence-corrected chi connectivity index (χ2v) is 8.14. The van der Waals surface area contributed by atoms with Gasteiger partial charge < -0.3 is 24.1 Å². The van der Waals surface area contributed by atoms with Crippen LogP contribution in [0.5, 0.6) is 23.0 Å². The van der Waals surface area contributed by atoms with Crippen molar-refractivity contribution in [3.05, 3.63) is 79.0 Å². The number of benzene rings is 2. The number of rotatable bonds is 7. The largest absolute Gasteiger partial charge is 0.493 e. The molecule has 10 nitrogen and oxygen atoms in total. The van der Waals surface area contributed by atoms with E-state index >= 15 is 0 Å². The van der Waals surface area contributed by atoms with E-state index in [9.17, 15) is 14.0 Å². The number of nitrogens with zero attached hydrogens (tertiary/aromatic N) is 3. The molecule has 38 heavy (non-hydrogen) atoms. The summed E-state index contributed by atoms with van der Waals surface area (Å²) < 4.78 is 33.0. The highest BCUT2D eigenvalue weighted by atomic mass is 19.1. The number of carbonyl (C=O) groups is 2. The molecular formula is C27H22FN5O5. The Morgan fingerprint density at radius 2 is 1.74 bits per heavy atom. The molecule has 192 valence electrons. The van der Waals surface area contributed by atoms with Crippen molar-refractivity contribution in [1.82, 2.24) is 19.9 Å². The fourth-order valence-electron chi connectivity index (χ4n) is 3.95. The van der Waals surface area contributed by atoms with Gasteiger partial charge in [0.1, 0.15) is 17.9 Å². The summed E-state index contributed by atoms with van der Waals surface area (Å²) in [5, 5.41) is 6.14. The Morgan fingerprint density at radius 1 is 0.921 bits per heavy atom. The average molecular weight is 516 g/mol. The van der Waals surface area contributed by atoms with Gasteiger partial charge in [0.05, 0.1) is 19.7 Å². The summed E-state index contributed by atoms with van der Waals surface area (Å²) in [6.45, 7) is -0.106. The van der Waals surface area contributed by atoms with Crippen LogP contribution in [0.4, 0.5) is 14.9 Å². The van der Waals surface area contributed by atoms with Crippen molar-refractivity contribution in [2.75, 3.05) is 19.5 Å². The molecule has 3 heterocycles. The summed E-state index contributed by atoms with van der Waals surface area (Å²) >= 11 is 0. The van der Waals surface area contributed by atoms with E-state index in [2.05, 4.69) is 20.6 Å². The van der Waals surface area contributed by atoms with E-state index in [0.29, 0.717) is 33.8 Å². The van der Waals surface area contributed by atoms with Crippen LogP contribution in [-0.2, 0) is 11.3 Å². The fourth-order valence-corrected chi connectivity index (χ4v) is 3.95. The van der Waals surface area contributed by atoms with E-state index < -0.39 is 17.8 Å². The van der Waals surface area contributed by atoms with Gasteiger partial charge in [-0.1, -0.05) is 0 Å². The lowest BCUT2D eigenvalue weighted by molar-refractivity contribution is -0.120. The number of carbonyl (C=O) groups excluding carboxylic acids is 2. The van der Waals surface area contributed by atoms with Crippen molar-refractivity contribution in [2.24, 2.45) is 0 Å². The van der Waals surface area contributed by atoms with Crippen molar-refractivity contribution in [3.8, 4) is 23.0 Å². The first-order valence-electron chi connectivity index (χ1n) is 11.4. The van der Waals surface area contributed by atoms with E-state index in [0.717, 1.165) is 11.5 Å². The third-order valence-electron chi connectivity index (χ3n) is 5.71. The zero-order chi connectivity index (χ0) is 26.6. The van der Waals surface area contributed by atoms with Gasteiger partial charge in [0.2, 0.25) is 5.91 Å². The van der Waals surface area contributed by atoms with E-state index in [1.165, 1.54) is 32.5 Å². The summed E-state index contributed by atoms with van der Waals surface area (Å²) in [6.07, 6.45) is 4.86. The van der Waals surface area contributed by atoms with E-state index in [1.807, 2.05) is 12.1 Å². The number of fused-ring (bicyclic) bond motifs is 2. The second-order valence-electron chi connectivity index (χ2n) is 8.14. The van der Waals surface area contributed by atoms with Crippen LogP contribution >= 0.6 is 0 Å². The molecule has 0 aliphatic carbocycles. The average Bonchev–Trinajstić information content (AvgIpc) is 3.32. The van der Waals surface area contributed by atoms with Gasteiger partial charge in [0.15, 0.2) is 23.1 Å². The summed E-state index contributed by atoms with van der Waals surface area (Å²) in [5.74, 6) is -0.0135. The predicted octanol–water partition coefficient (Wildman–Crippen LogP) is 4.88. The molecule has 0 fully saturated rings. The van der Waals surface area contributed by atoms with Gasteiger partial charge in [0, 0.05) is 47.2 Å². The lowest BCUT2D eigenvalue weighted by Crippen LogP contribution is -2.36. The molecule has 0 saturated heterocycles. The minimum absolute atomic E-state index is 0.0682. The van der Waals surface area contributed by atoms with Crippen molar-refractivity contribution in [2.45, 2.75) is 6.54 Å². The Kier molecular flexibility index (Phi) is 6.72. The van der Waals surface area contributed by atoms with Crippen molar-refractivity contribution < 1.29 is 28.2 Å². The Morgan fingerprint density at radius 3 is 2.53 bits per heavy atom. The molecule has 0 saturated carbocycles. The molecule has 3 amide bonds. The van der Waals surface area contributed by atoms with Crippen LogP contribution < -0.4 is 24.8 Å². The first-order chi connectivity index (χ1) is 18.4. The summed E-state index contributed by atoms with van der Waals surface area (Å²) in [7, 11) is 3.03. The van der Waals surface area contributed by atoms with Gasteiger partial charge in [-0.3, -0.25) is 15.1 Å². The molecule has 0 aliphatic rings. The molecule has 3 aromatic heterocycles. The Balaban J connectivity index is 1.26. The predicted molar refractivity (Wildman–Crippen MR) is 138 cm³/mol. The smallest absolute Gasteiger partial charge is 0.325 e. The highest BCUT2D eigenvalue weighted by Gasteiger charge is 2.15. The van der Waals surface area contributed by atoms with Crippen molar-refractivity contribution in [3.63, 3.8) is 0 Å². The SMILES string of the molecule is COc1cc2nccc(Oc3ccc(NC(=O)NC(=O)Cn4ccc5cccnc54)cc3F)c2cc1OC. The lowest BCUT2D eigenvalue weighted by Gasteiger charge is -2.13. The Labute approximate surface area is 216 Å². The molecule has 5 rings (SSSR count). The van der Waals surface area contributed by atoms with Crippen molar-refractivity contribution in [1.29, 1.82) is 0 Å². The van der Waals surface area contributed by atoms with Gasteiger partial charge >= 0.3 is 6.03 Å². The highest BCUT2D eigenvalue weighted by molar-refractivity contribution is 6.01. The Hall–Kier alpha value is -5.19. The quantitative estimate of drug-likeness (QED) is 0.317. The zero-order valence-electron chi connectivity index (χ0n) is 20.4. The number of imide groups is 1. The molecule has 2 N–H and O–H groups in total. The van der Waals surface area contributed by atoms with E-state index in [4.69, 9.17) is 14.2 Å². The van der Waals surface area contributed by atoms with Gasteiger partial charge in [-0.2, -0.15) is 0 Å². The first kappa shape index (κ1) is 24.5. The summed E-state index contributed by atoms with van der Waals surface area (Å²) in [6, 6.07) is 13.6. The topological polar surface area (TPSA) is 117 Å². The molecule has 0 unspecified atom stereocenters. The number of hydrogen-bond acceptors (Lipinski definition) is 7. The molecular weight excluding hydrogens is 493 g/mol. The van der Waals surface area contributed by atoms with Crippen LogP contribution in [0, 0.1) is 5.82 Å². The molecule has 0 radical (unpaired) electrons. The number of methoxy groups -OCH3 is 2. The number of anilines is 1. The number of aromatic nitrogens is 3. The minimum atomic E-state index is -0.798. The van der Waals surface area contributed by atoms with Gasteiger partial charge in [0.25, 0.3) is 0 Å². The van der Waals surface area contributed by atoms with Gasteiger partial charge in [-0.05, 0) is 42.5 Å². The van der Waals surface area contributed by atoms with Crippen molar-refractivity contribution >= 4 is 39.6 Å². The minimum Gasteiger partial charge on any atom is -0.493 e. The maximum atomic E-state index is 14.9. The highest BCUT2D eigenvalue weighted by Crippen LogP contribution is 2.37. The number of nitrogens with one attached hydrogen (secondary N) is 2. The molecule has 5 aromatic rings. The number of pyridine rings is 2. The molecule has 11 heteroatoms. The normalized spacial score (nSPS) is 10.8. The van der Waals surface area contributed by atoms with Gasteiger partial charge in [-0.25, -0.2) is 14.2 Å². The van der Waals surface area contributed by atoms with Crippen LogP contribution in [-0.4, -0.2) is 40.7 Å². The third kappa shape index (κ3) is 5.03. The molecule has 0 atom stereocenters. The Bertz CT molecular complexity index is 1670. The van der Waals surface area contributed by atoms with Crippen LogP contribution in [0.3, 0.4) is 0 Å². The van der Waals surface area contributed by atoms with Crippen LogP contribution in [0.25, 0.3) is 21.9 Å². The van der Waals surface area contributed by atoms with Crippen LogP contribution in [0.2, 0.25) is 0 Å². The van der Waals surface area contributed by atoms with E-state index in [1.54, 1.807) is 41.2 Å². The third-order valence-corrected chi connectivity index (χ3v) is 5.71. The van der Waals surface area contributed by atoms with Gasteiger partial charge in [-0.15, -0.1) is 0 Å².